The molecule has 5 heteroatoms. The zero-order valence-electron chi connectivity index (χ0n) is 14.5. The summed E-state index contributed by atoms with van der Waals surface area (Å²) in [6, 6.07) is 13.4. The fraction of sp³-hybridized carbons (Fsp3) is 0.316. The highest BCUT2D eigenvalue weighted by atomic mass is 32.2. The molecule has 0 radical (unpaired) electrons. The van der Waals surface area contributed by atoms with E-state index in [1.165, 1.54) is 5.56 Å². The smallest absolute Gasteiger partial charge is 0.253 e. The molecular formula is C19H23NO3S. The highest BCUT2D eigenvalue weighted by Gasteiger charge is 2.14. The molecule has 2 aromatic rings. The minimum Gasteiger partial charge on any atom is -0.497 e. The Labute approximate surface area is 147 Å². The third-order valence-corrected chi connectivity index (χ3v) is 4.38. The summed E-state index contributed by atoms with van der Waals surface area (Å²) >= 11 is 1.76. The van der Waals surface area contributed by atoms with Gasteiger partial charge in [0.1, 0.15) is 11.5 Å². The molecule has 4 nitrogen and oxygen atoms in total. The highest BCUT2D eigenvalue weighted by Crippen LogP contribution is 2.26. The first kappa shape index (κ1) is 18.2. The number of thioether (sulfide) groups is 1. The number of carbonyl (C=O) groups excluding carboxylic acids is 1. The molecule has 2 aromatic carbocycles. The predicted octanol–water partition coefficient (Wildman–Crippen LogP) is 3.84. The SMILES string of the molecule is COc1ccc(CN(C)C(=O)c2ccc(CSC)cc2)c(OC)c1. The van der Waals surface area contributed by atoms with E-state index in [9.17, 15) is 4.79 Å². The first-order valence-corrected chi connectivity index (χ1v) is 9.02. The van der Waals surface area contributed by atoms with Crippen LogP contribution in [0.25, 0.3) is 0 Å². The van der Waals surface area contributed by atoms with Crippen LogP contribution in [0.4, 0.5) is 0 Å². The lowest BCUT2D eigenvalue weighted by Gasteiger charge is -2.19. The standard InChI is InChI=1S/C19H23NO3S/c1-20(12-16-9-10-17(22-2)11-18(16)23-3)19(21)15-7-5-14(6-8-15)13-24-4/h5-11H,12-13H2,1-4H3. The van der Waals surface area contributed by atoms with Gasteiger partial charge in [-0.05, 0) is 36.1 Å². The van der Waals surface area contributed by atoms with Gasteiger partial charge in [0.25, 0.3) is 5.91 Å². The van der Waals surface area contributed by atoms with Crippen molar-refractivity contribution in [1.82, 2.24) is 4.90 Å². The molecule has 128 valence electrons. The molecule has 0 aliphatic heterocycles. The Balaban J connectivity index is 2.11. The summed E-state index contributed by atoms with van der Waals surface area (Å²) in [7, 11) is 5.02. The van der Waals surface area contributed by atoms with Gasteiger partial charge in [-0.25, -0.2) is 0 Å². The molecule has 0 bridgehead atoms. The molecule has 0 aliphatic carbocycles. The van der Waals surface area contributed by atoms with Crippen molar-refractivity contribution in [1.29, 1.82) is 0 Å². The number of rotatable bonds is 7. The second-order valence-electron chi connectivity index (χ2n) is 5.47. The molecule has 0 atom stereocenters. The average Bonchev–Trinajstić information content (AvgIpc) is 2.62. The van der Waals surface area contributed by atoms with Gasteiger partial charge in [-0.2, -0.15) is 11.8 Å². The molecule has 24 heavy (non-hydrogen) atoms. The fourth-order valence-electron chi connectivity index (χ4n) is 2.44. The van der Waals surface area contributed by atoms with Crippen molar-refractivity contribution >= 4 is 17.7 Å². The maximum Gasteiger partial charge on any atom is 0.253 e. The van der Waals surface area contributed by atoms with E-state index in [2.05, 4.69) is 6.26 Å². The van der Waals surface area contributed by atoms with Crippen molar-refractivity contribution in [2.75, 3.05) is 27.5 Å². The van der Waals surface area contributed by atoms with Crippen LogP contribution >= 0.6 is 11.8 Å². The zero-order valence-corrected chi connectivity index (χ0v) is 15.4. The lowest BCUT2D eigenvalue weighted by atomic mass is 10.1. The van der Waals surface area contributed by atoms with Gasteiger partial charge in [0, 0.05) is 36.5 Å². The van der Waals surface area contributed by atoms with Crippen LogP contribution in [0.2, 0.25) is 0 Å². The molecule has 0 saturated heterocycles. The Morgan fingerprint density at radius 3 is 2.38 bits per heavy atom. The molecule has 0 unspecified atom stereocenters. The second-order valence-corrected chi connectivity index (χ2v) is 6.33. The number of carbonyl (C=O) groups is 1. The van der Waals surface area contributed by atoms with Crippen LogP contribution in [0.1, 0.15) is 21.5 Å². The van der Waals surface area contributed by atoms with Gasteiger partial charge < -0.3 is 14.4 Å². The van der Waals surface area contributed by atoms with Crippen LogP contribution < -0.4 is 9.47 Å². The van der Waals surface area contributed by atoms with E-state index >= 15 is 0 Å². The van der Waals surface area contributed by atoms with Crippen molar-refractivity contribution in [3.8, 4) is 11.5 Å². The van der Waals surface area contributed by atoms with Crippen LogP contribution in [0.15, 0.2) is 42.5 Å². The van der Waals surface area contributed by atoms with E-state index in [1.807, 2.05) is 42.5 Å². The molecule has 0 spiro atoms. The van der Waals surface area contributed by atoms with Crippen LogP contribution in [0, 0.1) is 0 Å². The molecule has 0 heterocycles. The lowest BCUT2D eigenvalue weighted by molar-refractivity contribution is 0.0784. The van der Waals surface area contributed by atoms with E-state index in [4.69, 9.17) is 9.47 Å². The Morgan fingerprint density at radius 2 is 1.79 bits per heavy atom. The van der Waals surface area contributed by atoms with Gasteiger partial charge in [0.05, 0.1) is 14.2 Å². The lowest BCUT2D eigenvalue weighted by Crippen LogP contribution is -2.26. The number of ether oxygens (including phenoxy) is 2. The summed E-state index contributed by atoms with van der Waals surface area (Å²) in [5, 5.41) is 0. The van der Waals surface area contributed by atoms with Gasteiger partial charge in [-0.1, -0.05) is 12.1 Å². The Hall–Kier alpha value is -2.14. The van der Waals surface area contributed by atoms with Crippen LogP contribution in [0.5, 0.6) is 11.5 Å². The van der Waals surface area contributed by atoms with Crippen LogP contribution in [-0.4, -0.2) is 38.3 Å². The van der Waals surface area contributed by atoms with Crippen molar-refractivity contribution in [3.05, 3.63) is 59.2 Å². The van der Waals surface area contributed by atoms with E-state index in [0.717, 1.165) is 17.1 Å². The van der Waals surface area contributed by atoms with Gasteiger partial charge in [-0.15, -0.1) is 0 Å². The van der Waals surface area contributed by atoms with Crippen LogP contribution in [-0.2, 0) is 12.3 Å². The second kappa shape index (κ2) is 8.64. The van der Waals surface area contributed by atoms with Crippen molar-refractivity contribution < 1.29 is 14.3 Å². The third kappa shape index (κ3) is 4.45. The molecule has 0 N–H and O–H groups in total. The molecule has 0 aliphatic rings. The number of nitrogens with zero attached hydrogens (tertiary/aromatic N) is 1. The highest BCUT2D eigenvalue weighted by molar-refractivity contribution is 7.97. The van der Waals surface area contributed by atoms with Crippen molar-refractivity contribution in [2.45, 2.75) is 12.3 Å². The summed E-state index contributed by atoms with van der Waals surface area (Å²) in [6.45, 7) is 0.471. The van der Waals surface area contributed by atoms with Gasteiger partial charge in [-0.3, -0.25) is 4.79 Å². The Kier molecular flexibility index (Phi) is 6.55. The molecule has 0 aromatic heterocycles. The number of hydrogen-bond acceptors (Lipinski definition) is 4. The molecular weight excluding hydrogens is 322 g/mol. The normalized spacial score (nSPS) is 10.3. The number of hydrogen-bond donors (Lipinski definition) is 0. The van der Waals surface area contributed by atoms with E-state index in [0.29, 0.717) is 17.9 Å². The summed E-state index contributed by atoms with van der Waals surface area (Å²) in [6.07, 6.45) is 2.06. The first-order valence-electron chi connectivity index (χ1n) is 7.63. The predicted molar refractivity (Wildman–Crippen MR) is 99.0 cm³/mol. The first-order chi connectivity index (χ1) is 11.6. The topological polar surface area (TPSA) is 38.8 Å². The Morgan fingerprint density at radius 1 is 1.08 bits per heavy atom. The quantitative estimate of drug-likeness (QED) is 0.764. The fourth-order valence-corrected chi connectivity index (χ4v) is 2.97. The van der Waals surface area contributed by atoms with Gasteiger partial charge >= 0.3 is 0 Å². The third-order valence-electron chi connectivity index (χ3n) is 3.76. The van der Waals surface area contributed by atoms with Crippen molar-refractivity contribution in [2.24, 2.45) is 0 Å². The summed E-state index contributed by atoms with van der Waals surface area (Å²) in [5.74, 6) is 2.38. The summed E-state index contributed by atoms with van der Waals surface area (Å²) < 4.78 is 10.6. The Bertz CT molecular complexity index is 686. The van der Waals surface area contributed by atoms with Gasteiger partial charge in [0.15, 0.2) is 0 Å². The molecule has 2 rings (SSSR count). The minimum absolute atomic E-state index is 0.0106. The van der Waals surface area contributed by atoms with Gasteiger partial charge in [0.2, 0.25) is 0 Å². The molecule has 1 amide bonds. The van der Waals surface area contributed by atoms with Crippen LogP contribution in [0.3, 0.4) is 0 Å². The largest absolute Gasteiger partial charge is 0.497 e. The van der Waals surface area contributed by atoms with Crippen molar-refractivity contribution in [3.63, 3.8) is 0 Å². The number of amides is 1. The van der Waals surface area contributed by atoms with E-state index in [-0.39, 0.29) is 5.91 Å². The summed E-state index contributed by atoms with van der Waals surface area (Å²) in [5.41, 5.74) is 2.85. The number of benzene rings is 2. The van der Waals surface area contributed by atoms with E-state index in [1.54, 1.807) is 37.9 Å². The minimum atomic E-state index is -0.0106. The molecule has 0 fully saturated rings. The average molecular weight is 345 g/mol. The summed E-state index contributed by atoms with van der Waals surface area (Å²) in [4.78, 5) is 14.3. The molecule has 0 saturated carbocycles. The monoisotopic (exact) mass is 345 g/mol. The zero-order chi connectivity index (χ0) is 17.5. The van der Waals surface area contributed by atoms with E-state index < -0.39 is 0 Å². The maximum absolute atomic E-state index is 12.6. The number of methoxy groups -OCH3 is 2. The maximum atomic E-state index is 12.6.